The van der Waals surface area contributed by atoms with E-state index in [0.717, 1.165) is 32.1 Å². The van der Waals surface area contributed by atoms with Crippen LogP contribution in [0.3, 0.4) is 0 Å². The fourth-order valence-corrected chi connectivity index (χ4v) is 5.07. The van der Waals surface area contributed by atoms with Crippen LogP contribution in [0.4, 0.5) is 0 Å². The lowest BCUT2D eigenvalue weighted by molar-refractivity contribution is -0.137. The first-order valence-electron chi connectivity index (χ1n) is 10.5. The third kappa shape index (κ3) is 6.20. The van der Waals surface area contributed by atoms with E-state index < -0.39 is 12.1 Å². The number of aliphatic carboxylic acids is 1. The fourth-order valence-electron chi connectivity index (χ4n) is 4.61. The summed E-state index contributed by atoms with van der Waals surface area (Å²) in [4.78, 5) is 10.5. The van der Waals surface area contributed by atoms with Crippen molar-refractivity contribution in [1.82, 2.24) is 0 Å². The fraction of sp³-hybridized carbons (Fsp3) is 0.696. The van der Waals surface area contributed by atoms with Crippen LogP contribution >= 0.6 is 11.6 Å². The summed E-state index contributed by atoms with van der Waals surface area (Å²) in [6.07, 6.45) is 16.9. The Hall–Kier alpha value is -1.10. The zero-order valence-electron chi connectivity index (χ0n) is 16.7. The molecule has 0 amide bonds. The Bertz CT molecular complexity index is 567. The highest BCUT2D eigenvalue weighted by molar-refractivity contribution is 6.21. The van der Waals surface area contributed by atoms with Gasteiger partial charge in [-0.05, 0) is 57.3 Å². The van der Waals surface area contributed by atoms with Gasteiger partial charge in [0.1, 0.15) is 0 Å². The lowest BCUT2D eigenvalue weighted by Crippen LogP contribution is -2.40. The predicted molar refractivity (Wildman–Crippen MR) is 113 cm³/mol. The largest absolute Gasteiger partial charge is 0.481 e. The van der Waals surface area contributed by atoms with Crippen molar-refractivity contribution in [2.45, 2.75) is 81.8 Å². The second kappa shape index (κ2) is 11.2. The van der Waals surface area contributed by atoms with Crippen LogP contribution in [0.25, 0.3) is 0 Å². The normalized spacial score (nSPS) is 30.5. The van der Waals surface area contributed by atoms with Crippen molar-refractivity contribution in [1.29, 1.82) is 0 Å². The van der Waals surface area contributed by atoms with Crippen molar-refractivity contribution in [2.24, 2.45) is 17.3 Å². The Balaban J connectivity index is 1.85. The van der Waals surface area contributed by atoms with Gasteiger partial charge in [0.05, 0.1) is 12.2 Å². The Morgan fingerprint density at radius 1 is 1.29 bits per heavy atom. The Morgan fingerprint density at radius 2 is 2.04 bits per heavy atom. The van der Waals surface area contributed by atoms with E-state index in [9.17, 15) is 15.0 Å². The molecule has 2 aliphatic carbocycles. The summed E-state index contributed by atoms with van der Waals surface area (Å²) in [6.45, 7) is 3.82. The Morgan fingerprint density at radius 3 is 2.64 bits per heavy atom. The number of carboxylic acids is 1. The van der Waals surface area contributed by atoms with Crippen molar-refractivity contribution < 1.29 is 20.1 Å². The molecule has 2 aliphatic rings. The van der Waals surface area contributed by atoms with Crippen LogP contribution in [-0.2, 0) is 4.79 Å². The molecule has 2 saturated carbocycles. The average Bonchev–Trinajstić information content (AvgIpc) is 2.87. The van der Waals surface area contributed by atoms with E-state index >= 15 is 0 Å². The average molecular weight is 411 g/mol. The summed E-state index contributed by atoms with van der Waals surface area (Å²) in [5.74, 6) is -0.612. The van der Waals surface area contributed by atoms with Gasteiger partial charge in [-0.1, -0.05) is 36.8 Å². The van der Waals surface area contributed by atoms with Gasteiger partial charge in [-0.25, -0.2) is 0 Å². The molecule has 2 fully saturated rings. The Labute approximate surface area is 174 Å². The lowest BCUT2D eigenvalue weighted by Gasteiger charge is -2.45. The first-order valence-corrected chi connectivity index (χ1v) is 11.0. The maximum Gasteiger partial charge on any atom is 0.303 e. The summed E-state index contributed by atoms with van der Waals surface area (Å²) in [6, 6.07) is 0. The van der Waals surface area contributed by atoms with Crippen molar-refractivity contribution in [3.63, 3.8) is 0 Å². The second-order valence-electron chi connectivity index (χ2n) is 8.44. The zero-order valence-corrected chi connectivity index (χ0v) is 17.4. The van der Waals surface area contributed by atoms with Crippen LogP contribution in [0.5, 0.6) is 0 Å². The molecule has 3 N–H and O–H groups in total. The zero-order chi connectivity index (χ0) is 20.6. The third-order valence-corrected chi connectivity index (χ3v) is 7.03. The van der Waals surface area contributed by atoms with Gasteiger partial charge < -0.3 is 15.3 Å². The smallest absolute Gasteiger partial charge is 0.303 e. The third-order valence-electron chi connectivity index (χ3n) is 6.53. The monoisotopic (exact) mass is 410 g/mol. The molecule has 0 unspecified atom stereocenters. The van der Waals surface area contributed by atoms with Crippen molar-refractivity contribution in [3.8, 4) is 0 Å². The summed E-state index contributed by atoms with van der Waals surface area (Å²) < 4.78 is 0. The molecular weight excluding hydrogens is 376 g/mol. The van der Waals surface area contributed by atoms with Crippen LogP contribution in [0.1, 0.15) is 64.2 Å². The molecule has 158 valence electrons. The molecule has 0 radical (unpaired) electrons. The van der Waals surface area contributed by atoms with Gasteiger partial charge in [0.2, 0.25) is 0 Å². The van der Waals surface area contributed by atoms with Gasteiger partial charge in [-0.3, -0.25) is 4.79 Å². The van der Waals surface area contributed by atoms with Gasteiger partial charge in [-0.15, -0.1) is 18.2 Å². The number of halogens is 1. The van der Waals surface area contributed by atoms with Crippen LogP contribution in [0, 0.1) is 17.3 Å². The summed E-state index contributed by atoms with van der Waals surface area (Å²) in [7, 11) is 0. The van der Waals surface area contributed by atoms with E-state index in [0.29, 0.717) is 19.3 Å². The SMILES string of the molecule is C=CCC1([C@H](O)C/C=C/[C@@H]2[C@H](C/C=C\CCCC(=O)O)[C@H](Cl)C[C@@H]2O)CCC1. The number of carbonyl (C=O) groups is 1. The van der Waals surface area contributed by atoms with E-state index in [1.165, 1.54) is 6.42 Å². The summed E-state index contributed by atoms with van der Waals surface area (Å²) in [5, 5.41) is 29.6. The molecule has 0 saturated heterocycles. The van der Waals surface area contributed by atoms with E-state index in [2.05, 4.69) is 12.7 Å². The number of aliphatic hydroxyl groups is 2. The molecule has 0 aromatic heterocycles. The van der Waals surface area contributed by atoms with Crippen LogP contribution in [0.15, 0.2) is 37.0 Å². The Kier molecular flexibility index (Phi) is 9.26. The van der Waals surface area contributed by atoms with Gasteiger partial charge in [0, 0.05) is 23.1 Å². The molecule has 0 aliphatic heterocycles. The van der Waals surface area contributed by atoms with E-state index in [1.54, 1.807) is 0 Å². The minimum absolute atomic E-state index is 0.00452. The van der Waals surface area contributed by atoms with Crippen molar-refractivity contribution in [3.05, 3.63) is 37.0 Å². The summed E-state index contributed by atoms with van der Waals surface area (Å²) in [5.41, 5.74) is -0.00646. The molecule has 0 bridgehead atoms. The van der Waals surface area contributed by atoms with Crippen LogP contribution in [0.2, 0.25) is 0 Å². The molecule has 28 heavy (non-hydrogen) atoms. The summed E-state index contributed by atoms with van der Waals surface area (Å²) >= 11 is 6.47. The highest BCUT2D eigenvalue weighted by Gasteiger charge is 2.42. The number of alkyl halides is 1. The molecular formula is C23H35ClO4. The number of carboxylic acid groups (broad SMARTS) is 1. The first kappa shape index (κ1) is 23.2. The maximum absolute atomic E-state index is 10.6. The van der Waals surface area contributed by atoms with Crippen molar-refractivity contribution in [2.75, 3.05) is 0 Å². The maximum atomic E-state index is 10.6. The number of unbranched alkanes of at least 4 members (excludes halogenated alkanes) is 1. The minimum Gasteiger partial charge on any atom is -0.481 e. The first-order chi connectivity index (χ1) is 13.4. The molecule has 2 rings (SSSR count). The molecule has 0 aromatic carbocycles. The minimum atomic E-state index is -0.766. The van der Waals surface area contributed by atoms with Crippen LogP contribution < -0.4 is 0 Å². The number of rotatable bonds is 12. The van der Waals surface area contributed by atoms with Gasteiger partial charge >= 0.3 is 5.97 Å². The topological polar surface area (TPSA) is 77.8 Å². The number of allylic oxidation sites excluding steroid dienone is 3. The highest BCUT2D eigenvalue weighted by Crippen LogP contribution is 2.48. The lowest BCUT2D eigenvalue weighted by atomic mass is 9.62. The number of hydrogen-bond acceptors (Lipinski definition) is 3. The van der Waals surface area contributed by atoms with Crippen LogP contribution in [-0.4, -0.2) is 38.9 Å². The quantitative estimate of drug-likeness (QED) is 0.244. The molecule has 4 nitrogen and oxygen atoms in total. The number of hydrogen-bond donors (Lipinski definition) is 3. The van der Waals surface area contributed by atoms with Crippen molar-refractivity contribution >= 4 is 17.6 Å². The predicted octanol–water partition coefficient (Wildman–Crippen LogP) is 4.85. The molecule has 5 atom stereocenters. The number of aliphatic hydroxyl groups excluding tert-OH is 2. The molecule has 5 heteroatoms. The highest BCUT2D eigenvalue weighted by atomic mass is 35.5. The van der Waals surface area contributed by atoms with Gasteiger partial charge in [-0.2, -0.15) is 0 Å². The van der Waals surface area contributed by atoms with E-state index in [4.69, 9.17) is 16.7 Å². The molecule has 0 spiro atoms. The molecule has 0 heterocycles. The van der Waals surface area contributed by atoms with Gasteiger partial charge in [0.25, 0.3) is 0 Å². The van der Waals surface area contributed by atoms with Gasteiger partial charge in [0.15, 0.2) is 0 Å². The second-order valence-corrected chi connectivity index (χ2v) is 9.00. The van der Waals surface area contributed by atoms with E-state index in [1.807, 2.05) is 24.3 Å². The standard InChI is InChI=1S/C23H35ClO4/c1-2-13-23(14-8-15-23)21(26)11-7-10-18-17(19(24)16-20(18)25)9-5-3-4-6-12-22(27)28/h2-3,5,7,10,17-21,25-26H,1,4,6,8-9,11-16H2,(H,27,28)/b5-3-,10-7+/t17-,18+,19+,20-,21+/m0/s1. The molecule has 0 aromatic rings. The van der Waals surface area contributed by atoms with E-state index in [-0.39, 0.29) is 35.2 Å².